The number of nitrogens with one attached hydrogen (secondary N) is 1. The van der Waals surface area contributed by atoms with Gasteiger partial charge in [0.2, 0.25) is 0 Å². The lowest BCUT2D eigenvalue weighted by molar-refractivity contribution is 0.552. The molecule has 0 bridgehead atoms. The summed E-state index contributed by atoms with van der Waals surface area (Å²) >= 11 is 0. The molecule has 0 saturated carbocycles. The molecule has 1 heterocycles. The number of halogens is 3. The number of hydrogen-bond acceptors (Lipinski definition) is 2. The first-order valence-electron chi connectivity index (χ1n) is 5.86. The normalized spacial score (nSPS) is 10.3. The highest BCUT2D eigenvalue weighted by Crippen LogP contribution is 2.09. The van der Waals surface area contributed by atoms with Gasteiger partial charge in [-0.05, 0) is 31.2 Å². The molecule has 0 radical (unpaired) electrons. The molecule has 3 nitrogen and oxygen atoms in total. The highest BCUT2D eigenvalue weighted by Gasteiger charge is 2.04. The molecule has 19 heavy (non-hydrogen) atoms. The van der Waals surface area contributed by atoms with Gasteiger partial charge in [-0.2, -0.15) is 5.10 Å². The van der Waals surface area contributed by atoms with Crippen LogP contribution in [0.5, 0.6) is 0 Å². The van der Waals surface area contributed by atoms with E-state index in [1.807, 2.05) is 17.7 Å². The Morgan fingerprint density at radius 3 is 2.74 bits per heavy atom. The summed E-state index contributed by atoms with van der Waals surface area (Å²) in [5.74, 6) is -0.820. The first-order valence-corrected chi connectivity index (χ1v) is 5.86. The molecule has 0 unspecified atom stereocenters. The van der Waals surface area contributed by atoms with Gasteiger partial charge in [-0.25, -0.2) is 8.78 Å². The maximum Gasteiger partial charge on any atom is 0.127 e. The second kappa shape index (κ2) is 7.21. The Morgan fingerprint density at radius 1 is 1.21 bits per heavy atom. The van der Waals surface area contributed by atoms with Crippen molar-refractivity contribution in [2.45, 2.75) is 26.6 Å². The summed E-state index contributed by atoms with van der Waals surface area (Å²) in [6.07, 6.45) is 1.73. The van der Waals surface area contributed by atoms with Crippen LogP contribution in [0.1, 0.15) is 18.2 Å². The predicted molar refractivity (Wildman–Crippen MR) is 72.1 cm³/mol. The van der Waals surface area contributed by atoms with Crippen LogP contribution in [0.25, 0.3) is 0 Å². The van der Waals surface area contributed by atoms with Crippen LogP contribution in [0.4, 0.5) is 8.78 Å². The van der Waals surface area contributed by atoms with Crippen LogP contribution in [-0.2, 0) is 19.6 Å². The minimum absolute atomic E-state index is 0. The molecule has 1 aromatic carbocycles. The van der Waals surface area contributed by atoms with Gasteiger partial charge in [-0.3, -0.25) is 4.68 Å². The van der Waals surface area contributed by atoms with Gasteiger partial charge in [-0.1, -0.05) is 0 Å². The first-order chi connectivity index (χ1) is 8.70. The molecule has 1 N–H and O–H groups in total. The molecule has 1 aromatic heterocycles. The van der Waals surface area contributed by atoms with Crippen LogP contribution in [0.3, 0.4) is 0 Å². The Bertz CT molecular complexity index is 528. The number of nitrogens with zero attached hydrogens (tertiary/aromatic N) is 2. The van der Waals surface area contributed by atoms with Crippen molar-refractivity contribution >= 4 is 12.4 Å². The zero-order valence-corrected chi connectivity index (χ0v) is 11.4. The van der Waals surface area contributed by atoms with Crippen LogP contribution in [0, 0.1) is 11.6 Å². The maximum absolute atomic E-state index is 13.4. The molecular weight excluding hydrogens is 272 g/mol. The van der Waals surface area contributed by atoms with Gasteiger partial charge < -0.3 is 5.32 Å². The number of aryl methyl sites for hydroxylation is 1. The summed E-state index contributed by atoms with van der Waals surface area (Å²) in [6, 6.07) is 5.37. The fourth-order valence-electron chi connectivity index (χ4n) is 1.80. The third kappa shape index (κ3) is 4.01. The standard InChI is InChI=1S/C13H15F2N3.ClH/c1-2-18-12(5-6-17-18)9-16-8-10-7-11(14)3-4-13(10)15;/h3-7,16H,2,8-9H2,1H3;1H. The molecule has 6 heteroatoms. The molecule has 0 aliphatic heterocycles. The average molecular weight is 288 g/mol. The molecule has 0 amide bonds. The van der Waals surface area contributed by atoms with Crippen LogP contribution in [0.15, 0.2) is 30.5 Å². The van der Waals surface area contributed by atoms with Crippen molar-refractivity contribution in [1.82, 2.24) is 15.1 Å². The van der Waals surface area contributed by atoms with Gasteiger partial charge in [0.25, 0.3) is 0 Å². The molecule has 0 atom stereocenters. The highest BCUT2D eigenvalue weighted by molar-refractivity contribution is 5.85. The molecule has 2 aromatic rings. The smallest absolute Gasteiger partial charge is 0.127 e. The van der Waals surface area contributed by atoms with E-state index in [0.717, 1.165) is 24.4 Å². The van der Waals surface area contributed by atoms with Crippen molar-refractivity contribution in [3.8, 4) is 0 Å². The molecule has 0 saturated heterocycles. The van der Waals surface area contributed by atoms with E-state index < -0.39 is 11.6 Å². The van der Waals surface area contributed by atoms with Crippen molar-refractivity contribution in [1.29, 1.82) is 0 Å². The summed E-state index contributed by atoms with van der Waals surface area (Å²) in [7, 11) is 0. The second-order valence-corrected chi connectivity index (χ2v) is 3.98. The van der Waals surface area contributed by atoms with Crippen LogP contribution in [-0.4, -0.2) is 9.78 Å². The fraction of sp³-hybridized carbons (Fsp3) is 0.308. The van der Waals surface area contributed by atoms with E-state index in [0.29, 0.717) is 18.7 Å². The molecule has 0 aliphatic rings. The van der Waals surface area contributed by atoms with E-state index in [-0.39, 0.29) is 12.4 Å². The zero-order chi connectivity index (χ0) is 13.0. The van der Waals surface area contributed by atoms with Gasteiger partial charge in [0.05, 0.1) is 5.69 Å². The van der Waals surface area contributed by atoms with Gasteiger partial charge in [0.1, 0.15) is 11.6 Å². The molecule has 0 aliphatic carbocycles. The van der Waals surface area contributed by atoms with Crippen molar-refractivity contribution in [3.63, 3.8) is 0 Å². The summed E-state index contributed by atoms with van der Waals surface area (Å²) in [5, 5.41) is 7.21. The maximum atomic E-state index is 13.4. The summed E-state index contributed by atoms with van der Waals surface area (Å²) in [6.45, 7) is 3.66. The molecule has 0 spiro atoms. The summed E-state index contributed by atoms with van der Waals surface area (Å²) in [5.41, 5.74) is 1.35. The van der Waals surface area contributed by atoms with E-state index in [1.54, 1.807) is 6.20 Å². The lowest BCUT2D eigenvalue weighted by Gasteiger charge is -2.07. The lowest BCUT2D eigenvalue weighted by atomic mass is 10.2. The number of aromatic nitrogens is 2. The largest absolute Gasteiger partial charge is 0.307 e. The number of rotatable bonds is 5. The Labute approximate surface area is 117 Å². The number of hydrogen-bond donors (Lipinski definition) is 1. The lowest BCUT2D eigenvalue weighted by Crippen LogP contribution is -2.17. The van der Waals surface area contributed by atoms with Crippen LogP contribution < -0.4 is 5.32 Å². The highest BCUT2D eigenvalue weighted by atomic mass is 35.5. The molecule has 0 fully saturated rings. The molecule has 2 rings (SSSR count). The first kappa shape index (κ1) is 15.6. The van der Waals surface area contributed by atoms with E-state index in [1.165, 1.54) is 6.07 Å². The van der Waals surface area contributed by atoms with E-state index in [4.69, 9.17) is 0 Å². The number of benzene rings is 1. The predicted octanol–water partition coefficient (Wildman–Crippen LogP) is 2.89. The minimum atomic E-state index is -0.424. The third-order valence-corrected chi connectivity index (χ3v) is 2.73. The van der Waals surface area contributed by atoms with Gasteiger partial charge in [0, 0.05) is 31.4 Å². The summed E-state index contributed by atoms with van der Waals surface area (Å²) < 4.78 is 28.2. The quantitative estimate of drug-likeness (QED) is 0.916. The van der Waals surface area contributed by atoms with Crippen molar-refractivity contribution in [3.05, 3.63) is 53.4 Å². The Morgan fingerprint density at radius 2 is 2.00 bits per heavy atom. The summed E-state index contributed by atoms with van der Waals surface area (Å²) in [4.78, 5) is 0. The monoisotopic (exact) mass is 287 g/mol. The van der Waals surface area contributed by atoms with E-state index in [9.17, 15) is 8.78 Å². The van der Waals surface area contributed by atoms with Crippen LogP contribution in [0.2, 0.25) is 0 Å². The van der Waals surface area contributed by atoms with Gasteiger partial charge >= 0.3 is 0 Å². The van der Waals surface area contributed by atoms with E-state index >= 15 is 0 Å². The van der Waals surface area contributed by atoms with Gasteiger partial charge in [0.15, 0.2) is 0 Å². The Balaban J connectivity index is 0.00000180. The van der Waals surface area contributed by atoms with Crippen molar-refractivity contribution in [2.75, 3.05) is 0 Å². The average Bonchev–Trinajstić information content (AvgIpc) is 2.81. The molecular formula is C13H16ClF2N3. The van der Waals surface area contributed by atoms with Crippen molar-refractivity contribution < 1.29 is 8.78 Å². The SMILES string of the molecule is CCn1nccc1CNCc1cc(F)ccc1F.Cl. The molecule has 104 valence electrons. The Kier molecular flexibility index (Phi) is 5.92. The van der Waals surface area contributed by atoms with Crippen LogP contribution >= 0.6 is 12.4 Å². The second-order valence-electron chi connectivity index (χ2n) is 3.98. The van der Waals surface area contributed by atoms with Crippen molar-refractivity contribution in [2.24, 2.45) is 0 Å². The Hall–Kier alpha value is -1.46. The zero-order valence-electron chi connectivity index (χ0n) is 10.6. The minimum Gasteiger partial charge on any atom is -0.307 e. The van der Waals surface area contributed by atoms with Gasteiger partial charge in [-0.15, -0.1) is 12.4 Å². The third-order valence-electron chi connectivity index (χ3n) is 2.73. The topological polar surface area (TPSA) is 29.9 Å². The van der Waals surface area contributed by atoms with E-state index in [2.05, 4.69) is 10.4 Å². The fourth-order valence-corrected chi connectivity index (χ4v) is 1.80.